The molecule has 3 nitrogen and oxygen atoms in total. The van der Waals surface area contributed by atoms with Crippen molar-refractivity contribution in [2.75, 3.05) is 13.4 Å². The summed E-state index contributed by atoms with van der Waals surface area (Å²) in [6.45, 7) is 0.886. The van der Waals surface area contributed by atoms with E-state index in [1.807, 2.05) is 0 Å². The van der Waals surface area contributed by atoms with Gasteiger partial charge in [0.05, 0.1) is 0 Å². The van der Waals surface area contributed by atoms with Crippen LogP contribution in [0, 0.1) is 5.82 Å². The van der Waals surface area contributed by atoms with Crippen LogP contribution in [0.25, 0.3) is 0 Å². The molecule has 0 bridgehead atoms. The Morgan fingerprint density at radius 1 is 1.33 bits per heavy atom. The molecular formula is C11H13FO3. The molecule has 1 atom stereocenters. The van der Waals surface area contributed by atoms with Gasteiger partial charge in [-0.3, -0.25) is 0 Å². The second-order valence-electron chi connectivity index (χ2n) is 3.33. The van der Waals surface area contributed by atoms with E-state index >= 15 is 0 Å². The van der Waals surface area contributed by atoms with Gasteiger partial charge < -0.3 is 14.2 Å². The molecule has 0 amide bonds. The van der Waals surface area contributed by atoms with Crippen molar-refractivity contribution in [1.82, 2.24) is 0 Å². The number of ether oxygens (including phenoxy) is 3. The highest BCUT2D eigenvalue weighted by atomic mass is 19.1. The molecule has 1 aromatic carbocycles. The van der Waals surface area contributed by atoms with Crippen LogP contribution in [-0.2, 0) is 9.47 Å². The summed E-state index contributed by atoms with van der Waals surface area (Å²) in [6, 6.07) is 5.82. The first kappa shape index (κ1) is 10.4. The van der Waals surface area contributed by atoms with Crippen LogP contribution in [-0.4, -0.2) is 19.7 Å². The van der Waals surface area contributed by atoms with Crippen LogP contribution in [0.15, 0.2) is 24.3 Å². The molecule has 1 heterocycles. The van der Waals surface area contributed by atoms with Gasteiger partial charge in [-0.15, -0.1) is 0 Å². The molecule has 1 aliphatic heterocycles. The van der Waals surface area contributed by atoms with Crippen molar-refractivity contribution in [3.8, 4) is 5.75 Å². The minimum absolute atomic E-state index is 0.135. The summed E-state index contributed by atoms with van der Waals surface area (Å²) < 4.78 is 28.3. The minimum atomic E-state index is -0.276. The van der Waals surface area contributed by atoms with E-state index in [1.54, 1.807) is 12.1 Å². The van der Waals surface area contributed by atoms with Gasteiger partial charge in [-0.2, -0.15) is 0 Å². The molecule has 0 aromatic heterocycles. The molecule has 1 unspecified atom stereocenters. The molecule has 0 saturated carbocycles. The van der Waals surface area contributed by atoms with Crippen molar-refractivity contribution < 1.29 is 18.6 Å². The average molecular weight is 212 g/mol. The Kier molecular flexibility index (Phi) is 3.53. The number of benzene rings is 1. The van der Waals surface area contributed by atoms with Crippen molar-refractivity contribution in [3.63, 3.8) is 0 Å². The molecule has 1 fully saturated rings. The van der Waals surface area contributed by atoms with E-state index in [-0.39, 0.29) is 18.9 Å². The Balaban J connectivity index is 1.71. The summed E-state index contributed by atoms with van der Waals surface area (Å²) in [5.74, 6) is 0.316. The fourth-order valence-corrected chi connectivity index (χ4v) is 1.39. The standard InChI is InChI=1S/C11H13FO3/c12-9-3-5-10(6-4-9)14-8-15-11-2-1-7-13-11/h3-6,11H,1-2,7-8H2. The lowest BCUT2D eigenvalue weighted by molar-refractivity contribution is -0.149. The molecule has 0 N–H and O–H groups in total. The quantitative estimate of drug-likeness (QED) is 0.717. The second kappa shape index (κ2) is 5.09. The Hall–Kier alpha value is -1.13. The zero-order chi connectivity index (χ0) is 10.5. The van der Waals surface area contributed by atoms with Gasteiger partial charge in [0.15, 0.2) is 13.1 Å². The molecule has 0 aliphatic carbocycles. The van der Waals surface area contributed by atoms with Crippen LogP contribution in [0.3, 0.4) is 0 Å². The Morgan fingerprint density at radius 2 is 2.13 bits per heavy atom. The van der Waals surface area contributed by atoms with Crippen molar-refractivity contribution >= 4 is 0 Å². The first-order chi connectivity index (χ1) is 7.34. The smallest absolute Gasteiger partial charge is 0.191 e. The molecule has 1 aromatic rings. The average Bonchev–Trinajstić information content (AvgIpc) is 2.74. The van der Waals surface area contributed by atoms with E-state index < -0.39 is 0 Å². The van der Waals surface area contributed by atoms with E-state index in [2.05, 4.69) is 0 Å². The molecule has 0 spiro atoms. The van der Waals surface area contributed by atoms with E-state index in [0.717, 1.165) is 19.4 Å². The third-order valence-electron chi connectivity index (χ3n) is 2.18. The van der Waals surface area contributed by atoms with Gasteiger partial charge in [-0.25, -0.2) is 4.39 Å². The topological polar surface area (TPSA) is 27.7 Å². The number of hydrogen-bond acceptors (Lipinski definition) is 3. The van der Waals surface area contributed by atoms with Gasteiger partial charge in [-0.05, 0) is 30.7 Å². The van der Waals surface area contributed by atoms with Crippen molar-refractivity contribution in [2.24, 2.45) is 0 Å². The number of halogens is 1. The first-order valence-electron chi connectivity index (χ1n) is 4.96. The highest BCUT2D eigenvalue weighted by Crippen LogP contribution is 2.15. The maximum Gasteiger partial charge on any atom is 0.191 e. The predicted octanol–water partition coefficient (Wildman–Crippen LogP) is 2.32. The minimum Gasteiger partial charge on any atom is -0.467 e. The fraction of sp³-hybridized carbons (Fsp3) is 0.455. The lowest BCUT2D eigenvalue weighted by Crippen LogP contribution is -2.14. The van der Waals surface area contributed by atoms with Crippen LogP contribution in [0.4, 0.5) is 4.39 Å². The first-order valence-corrected chi connectivity index (χ1v) is 4.96. The third kappa shape index (κ3) is 3.18. The normalized spacial score (nSPS) is 20.5. The molecular weight excluding hydrogens is 199 g/mol. The summed E-state index contributed by atoms with van der Waals surface area (Å²) in [7, 11) is 0. The van der Waals surface area contributed by atoms with Gasteiger partial charge in [0.2, 0.25) is 0 Å². The van der Waals surface area contributed by atoms with E-state index in [4.69, 9.17) is 14.2 Å². The van der Waals surface area contributed by atoms with Crippen LogP contribution in [0.2, 0.25) is 0 Å². The van der Waals surface area contributed by atoms with Gasteiger partial charge in [-0.1, -0.05) is 0 Å². The van der Waals surface area contributed by atoms with E-state index in [1.165, 1.54) is 12.1 Å². The molecule has 2 rings (SSSR count). The number of rotatable bonds is 4. The van der Waals surface area contributed by atoms with Gasteiger partial charge in [0.25, 0.3) is 0 Å². The summed E-state index contributed by atoms with van der Waals surface area (Å²) in [6.07, 6.45) is 1.79. The molecule has 82 valence electrons. The molecule has 15 heavy (non-hydrogen) atoms. The zero-order valence-corrected chi connectivity index (χ0v) is 8.32. The van der Waals surface area contributed by atoms with Gasteiger partial charge in [0.1, 0.15) is 11.6 Å². The highest BCUT2D eigenvalue weighted by Gasteiger charge is 2.15. The van der Waals surface area contributed by atoms with Crippen molar-refractivity contribution in [3.05, 3.63) is 30.1 Å². The van der Waals surface area contributed by atoms with Crippen LogP contribution >= 0.6 is 0 Å². The Labute approximate surface area is 87.8 Å². The monoisotopic (exact) mass is 212 g/mol. The largest absolute Gasteiger partial charge is 0.467 e. The van der Waals surface area contributed by atoms with E-state index in [9.17, 15) is 4.39 Å². The third-order valence-corrected chi connectivity index (χ3v) is 2.18. The lowest BCUT2D eigenvalue weighted by Gasteiger charge is -2.11. The van der Waals surface area contributed by atoms with Crippen LogP contribution in [0.1, 0.15) is 12.8 Å². The van der Waals surface area contributed by atoms with Crippen molar-refractivity contribution in [1.29, 1.82) is 0 Å². The highest BCUT2D eigenvalue weighted by molar-refractivity contribution is 5.21. The molecule has 0 radical (unpaired) electrons. The van der Waals surface area contributed by atoms with E-state index in [0.29, 0.717) is 5.75 Å². The summed E-state index contributed by atoms with van der Waals surface area (Å²) >= 11 is 0. The summed E-state index contributed by atoms with van der Waals surface area (Å²) in [5, 5.41) is 0. The maximum atomic E-state index is 12.5. The lowest BCUT2D eigenvalue weighted by atomic mass is 10.3. The molecule has 4 heteroatoms. The second-order valence-corrected chi connectivity index (χ2v) is 3.33. The maximum absolute atomic E-state index is 12.5. The summed E-state index contributed by atoms with van der Waals surface area (Å²) in [4.78, 5) is 0. The predicted molar refractivity (Wildman–Crippen MR) is 52.0 cm³/mol. The van der Waals surface area contributed by atoms with Gasteiger partial charge >= 0.3 is 0 Å². The zero-order valence-electron chi connectivity index (χ0n) is 8.32. The van der Waals surface area contributed by atoms with Crippen LogP contribution in [0.5, 0.6) is 5.75 Å². The Morgan fingerprint density at radius 3 is 2.80 bits per heavy atom. The summed E-state index contributed by atoms with van der Waals surface area (Å²) in [5.41, 5.74) is 0. The van der Waals surface area contributed by atoms with Gasteiger partial charge in [0, 0.05) is 13.0 Å². The number of hydrogen-bond donors (Lipinski definition) is 0. The fourth-order valence-electron chi connectivity index (χ4n) is 1.39. The SMILES string of the molecule is Fc1ccc(OCOC2CCCO2)cc1. The molecule has 1 saturated heterocycles. The van der Waals surface area contributed by atoms with Crippen LogP contribution < -0.4 is 4.74 Å². The van der Waals surface area contributed by atoms with Crippen molar-refractivity contribution in [2.45, 2.75) is 19.1 Å². The Bertz CT molecular complexity index is 293. The molecule has 1 aliphatic rings.